The van der Waals surface area contributed by atoms with E-state index < -0.39 is 0 Å². The molecule has 2 aromatic heterocycles. The van der Waals surface area contributed by atoms with E-state index in [-0.39, 0.29) is 24.6 Å². The number of carbonyl (C=O) groups excluding carboxylic acids is 1. The van der Waals surface area contributed by atoms with Gasteiger partial charge in [0.15, 0.2) is 5.11 Å². The Kier molecular flexibility index (Phi) is 6.29. The average molecular weight is 459 g/mol. The summed E-state index contributed by atoms with van der Waals surface area (Å²) in [5.74, 6) is -0.266. The first-order valence-electron chi connectivity index (χ1n) is 9.21. The summed E-state index contributed by atoms with van der Waals surface area (Å²) in [6, 6.07) is 15.3. The number of benzene rings is 1. The quantitative estimate of drug-likeness (QED) is 0.528. The third kappa shape index (κ3) is 4.17. The highest BCUT2D eigenvalue weighted by Crippen LogP contribution is 2.43. The number of halogens is 1. The highest BCUT2D eigenvalue weighted by molar-refractivity contribution is 7.80. The molecule has 1 aliphatic rings. The fourth-order valence-electron chi connectivity index (χ4n) is 3.45. The van der Waals surface area contributed by atoms with Gasteiger partial charge < -0.3 is 20.3 Å². The molecule has 0 saturated carbocycles. The molecule has 1 amide bonds. The van der Waals surface area contributed by atoms with Gasteiger partial charge in [-0.3, -0.25) is 9.78 Å². The molecule has 3 heterocycles. The number of ether oxygens (including phenoxy) is 1. The average Bonchev–Trinajstić information content (AvgIpc) is 3.38. The Morgan fingerprint density at radius 1 is 1.33 bits per heavy atom. The Labute approximate surface area is 188 Å². The van der Waals surface area contributed by atoms with E-state index in [1.54, 1.807) is 29.7 Å². The molecule has 0 bridgehead atoms. The number of carbonyl (C=O) groups is 1. The third-order valence-electron chi connectivity index (χ3n) is 4.71. The molecule has 2 N–H and O–H groups in total. The van der Waals surface area contributed by atoms with Crippen LogP contribution in [0.25, 0.3) is 0 Å². The molecule has 9 heteroatoms. The maximum absolute atomic E-state index is 11.8. The van der Waals surface area contributed by atoms with E-state index in [0.717, 1.165) is 16.3 Å². The Bertz CT molecular complexity index is 1050. The SMILES string of the molecule is COCC(=O)Nc1ccc(N2C(=S)N[C@@H](c3ccccn3)[C@@H]2c2cccs2)cc1Cl. The minimum atomic E-state index is -0.266. The summed E-state index contributed by atoms with van der Waals surface area (Å²) in [5.41, 5.74) is 2.27. The summed E-state index contributed by atoms with van der Waals surface area (Å²) in [6.45, 7) is -0.0373. The predicted molar refractivity (Wildman–Crippen MR) is 124 cm³/mol. The van der Waals surface area contributed by atoms with Crippen LogP contribution >= 0.6 is 35.2 Å². The second kappa shape index (κ2) is 9.09. The van der Waals surface area contributed by atoms with Crippen LogP contribution in [0.1, 0.15) is 22.7 Å². The number of thiocarbonyl (C=S) groups is 1. The molecule has 154 valence electrons. The summed E-state index contributed by atoms with van der Waals surface area (Å²) < 4.78 is 4.85. The van der Waals surface area contributed by atoms with Gasteiger partial charge in [0.25, 0.3) is 0 Å². The van der Waals surface area contributed by atoms with Crippen molar-refractivity contribution >= 4 is 57.5 Å². The van der Waals surface area contributed by atoms with E-state index >= 15 is 0 Å². The van der Waals surface area contributed by atoms with Crippen molar-refractivity contribution in [1.29, 1.82) is 0 Å². The second-order valence-corrected chi connectivity index (χ2v) is 8.43. The number of amides is 1. The number of anilines is 2. The smallest absolute Gasteiger partial charge is 0.250 e. The van der Waals surface area contributed by atoms with Gasteiger partial charge in [0.1, 0.15) is 6.61 Å². The molecule has 1 aromatic carbocycles. The van der Waals surface area contributed by atoms with Crippen molar-refractivity contribution in [2.45, 2.75) is 12.1 Å². The van der Waals surface area contributed by atoms with Crippen molar-refractivity contribution in [2.75, 3.05) is 23.9 Å². The van der Waals surface area contributed by atoms with Gasteiger partial charge in [-0.2, -0.15) is 0 Å². The van der Waals surface area contributed by atoms with Crippen LogP contribution < -0.4 is 15.5 Å². The summed E-state index contributed by atoms with van der Waals surface area (Å²) in [5, 5.41) is 9.22. The number of nitrogens with zero attached hydrogens (tertiary/aromatic N) is 2. The molecule has 6 nitrogen and oxygen atoms in total. The summed E-state index contributed by atoms with van der Waals surface area (Å²) >= 11 is 13.8. The first-order valence-corrected chi connectivity index (χ1v) is 10.9. The molecule has 1 aliphatic heterocycles. The highest BCUT2D eigenvalue weighted by Gasteiger charge is 2.41. The van der Waals surface area contributed by atoms with Gasteiger partial charge in [-0.1, -0.05) is 23.7 Å². The van der Waals surface area contributed by atoms with Gasteiger partial charge in [-0.25, -0.2) is 0 Å². The Morgan fingerprint density at radius 3 is 2.87 bits per heavy atom. The highest BCUT2D eigenvalue weighted by atomic mass is 35.5. The van der Waals surface area contributed by atoms with Crippen LogP contribution in [0.15, 0.2) is 60.1 Å². The van der Waals surface area contributed by atoms with Crippen molar-refractivity contribution in [3.8, 4) is 0 Å². The zero-order chi connectivity index (χ0) is 21.1. The zero-order valence-electron chi connectivity index (χ0n) is 16.0. The summed E-state index contributed by atoms with van der Waals surface area (Å²) in [4.78, 5) is 19.6. The second-order valence-electron chi connectivity index (χ2n) is 6.66. The summed E-state index contributed by atoms with van der Waals surface area (Å²) in [7, 11) is 1.47. The van der Waals surface area contributed by atoms with Gasteiger partial charge in [-0.05, 0) is 54.0 Å². The van der Waals surface area contributed by atoms with Crippen LogP contribution in [-0.2, 0) is 9.53 Å². The number of hydrogen-bond acceptors (Lipinski definition) is 5. The standard InChI is InChI=1S/C21H19ClN4O2S2/c1-28-12-18(27)24-15-8-7-13(11-14(15)22)26-20(17-6-4-10-30-17)19(25-21(26)29)16-5-2-3-9-23-16/h2-11,19-20H,12H2,1H3,(H,24,27)(H,25,29)/t19-,20-/m0/s1. The molecule has 1 fully saturated rings. The minimum absolute atomic E-state index is 0.0373. The number of methoxy groups -OCH3 is 1. The summed E-state index contributed by atoms with van der Waals surface area (Å²) in [6.07, 6.45) is 1.78. The monoisotopic (exact) mass is 458 g/mol. The van der Waals surface area contributed by atoms with Crippen LogP contribution in [0, 0.1) is 0 Å². The number of rotatable bonds is 6. The number of aromatic nitrogens is 1. The van der Waals surface area contributed by atoms with Gasteiger partial charge in [0.05, 0.1) is 28.5 Å². The van der Waals surface area contributed by atoms with Crippen LogP contribution in [0.4, 0.5) is 11.4 Å². The topological polar surface area (TPSA) is 66.5 Å². The van der Waals surface area contributed by atoms with E-state index in [0.29, 0.717) is 15.8 Å². The van der Waals surface area contributed by atoms with Crippen LogP contribution in [0.2, 0.25) is 5.02 Å². The lowest BCUT2D eigenvalue weighted by Crippen LogP contribution is -2.29. The van der Waals surface area contributed by atoms with E-state index in [1.807, 2.05) is 40.6 Å². The van der Waals surface area contributed by atoms with Gasteiger partial charge >= 0.3 is 0 Å². The molecular weight excluding hydrogens is 440 g/mol. The molecule has 0 spiro atoms. The predicted octanol–water partition coefficient (Wildman–Crippen LogP) is 4.56. The van der Waals surface area contributed by atoms with E-state index in [2.05, 4.69) is 21.7 Å². The zero-order valence-corrected chi connectivity index (χ0v) is 18.4. The third-order valence-corrected chi connectivity index (χ3v) is 6.28. The lowest BCUT2D eigenvalue weighted by molar-refractivity contribution is -0.119. The molecule has 1 saturated heterocycles. The molecular formula is C21H19ClN4O2S2. The maximum Gasteiger partial charge on any atom is 0.250 e. The Balaban J connectivity index is 1.69. The van der Waals surface area contributed by atoms with Gasteiger partial charge in [-0.15, -0.1) is 11.3 Å². The lowest BCUT2D eigenvalue weighted by atomic mass is 10.0. The minimum Gasteiger partial charge on any atom is -0.375 e. The fourth-order valence-corrected chi connectivity index (χ4v) is 4.87. The van der Waals surface area contributed by atoms with Gasteiger partial charge in [0, 0.05) is 23.9 Å². The Hall–Kier alpha value is -2.52. The Morgan fingerprint density at radius 2 is 2.20 bits per heavy atom. The van der Waals surface area contributed by atoms with Crippen molar-refractivity contribution in [2.24, 2.45) is 0 Å². The molecule has 2 atom stereocenters. The van der Waals surface area contributed by atoms with Crippen molar-refractivity contribution in [1.82, 2.24) is 10.3 Å². The van der Waals surface area contributed by atoms with Gasteiger partial charge in [0.2, 0.25) is 5.91 Å². The molecule has 0 unspecified atom stereocenters. The maximum atomic E-state index is 11.8. The fraction of sp³-hybridized carbons (Fsp3) is 0.190. The molecule has 3 aromatic rings. The van der Waals surface area contributed by atoms with Crippen LogP contribution in [0.5, 0.6) is 0 Å². The van der Waals surface area contributed by atoms with Crippen molar-refractivity contribution in [3.63, 3.8) is 0 Å². The number of hydrogen-bond donors (Lipinski definition) is 2. The van der Waals surface area contributed by atoms with E-state index in [1.165, 1.54) is 7.11 Å². The number of pyridine rings is 1. The van der Waals surface area contributed by atoms with Crippen molar-refractivity contribution < 1.29 is 9.53 Å². The van der Waals surface area contributed by atoms with Crippen LogP contribution in [-0.4, -0.2) is 29.7 Å². The largest absolute Gasteiger partial charge is 0.375 e. The first-order chi connectivity index (χ1) is 14.6. The van der Waals surface area contributed by atoms with E-state index in [4.69, 9.17) is 28.6 Å². The normalized spacial score (nSPS) is 18.3. The first kappa shape index (κ1) is 20.7. The number of thiophene rings is 1. The van der Waals surface area contributed by atoms with E-state index in [9.17, 15) is 4.79 Å². The van der Waals surface area contributed by atoms with Crippen molar-refractivity contribution in [3.05, 3.63) is 75.7 Å². The molecule has 30 heavy (non-hydrogen) atoms. The number of nitrogens with one attached hydrogen (secondary N) is 2. The molecule has 0 aliphatic carbocycles. The lowest BCUT2D eigenvalue weighted by Gasteiger charge is -2.27. The molecule has 4 rings (SSSR count). The molecule has 0 radical (unpaired) electrons. The van der Waals surface area contributed by atoms with Crippen LogP contribution in [0.3, 0.4) is 0 Å².